The quantitative estimate of drug-likeness (QED) is 0.262. The molecule has 0 fully saturated rings. The third-order valence-corrected chi connectivity index (χ3v) is 4.43. The van der Waals surface area contributed by atoms with E-state index in [1.54, 1.807) is 12.4 Å². The van der Waals surface area contributed by atoms with E-state index in [2.05, 4.69) is 10.2 Å². The number of para-hydroxylation sites is 4. The van der Waals surface area contributed by atoms with Crippen LogP contribution in [0.15, 0.2) is 132 Å². The van der Waals surface area contributed by atoms with E-state index in [9.17, 15) is 0 Å². The van der Waals surface area contributed by atoms with E-state index in [1.807, 2.05) is 131 Å². The smallest absolute Gasteiger partial charge is 0.0680 e. The zero-order chi connectivity index (χ0) is 20.4. The van der Waals surface area contributed by atoms with E-state index in [0.717, 1.165) is 22.7 Å². The largest absolute Gasteiger partial charge is 0.234 e. The first-order valence-corrected chi connectivity index (χ1v) is 9.79. The summed E-state index contributed by atoms with van der Waals surface area (Å²) in [6.45, 7) is 0. The van der Waals surface area contributed by atoms with Crippen LogP contribution in [0.1, 0.15) is 0 Å². The molecule has 0 spiro atoms. The summed E-state index contributed by atoms with van der Waals surface area (Å²) in [6.07, 6.45) is 3.41. The molecule has 0 bridgehead atoms. The Labute approximate surface area is 177 Å². The zero-order valence-electron chi connectivity index (χ0n) is 16.5. The van der Waals surface area contributed by atoms with Crippen LogP contribution in [0.25, 0.3) is 0 Å². The second-order valence-electron chi connectivity index (χ2n) is 6.49. The van der Waals surface area contributed by atoms with Gasteiger partial charge in [-0.25, -0.2) is 10.0 Å². The minimum absolute atomic E-state index is 0.983. The third kappa shape index (κ3) is 4.80. The Morgan fingerprint density at radius 1 is 0.367 bits per heavy atom. The van der Waals surface area contributed by atoms with E-state index in [0.29, 0.717) is 0 Å². The van der Waals surface area contributed by atoms with Gasteiger partial charge in [0.25, 0.3) is 0 Å². The first-order chi connectivity index (χ1) is 14.9. The van der Waals surface area contributed by atoms with Gasteiger partial charge in [-0.15, -0.1) is 0 Å². The van der Waals surface area contributed by atoms with E-state index in [-0.39, 0.29) is 0 Å². The lowest BCUT2D eigenvalue weighted by Crippen LogP contribution is -2.11. The van der Waals surface area contributed by atoms with Crippen molar-refractivity contribution >= 4 is 35.2 Å². The topological polar surface area (TPSA) is 31.2 Å². The number of rotatable bonds is 7. The van der Waals surface area contributed by atoms with Crippen molar-refractivity contribution in [1.82, 2.24) is 0 Å². The van der Waals surface area contributed by atoms with Crippen molar-refractivity contribution in [2.45, 2.75) is 0 Å². The fraction of sp³-hybridized carbons (Fsp3) is 0. The Morgan fingerprint density at radius 2 is 0.600 bits per heavy atom. The van der Waals surface area contributed by atoms with Crippen molar-refractivity contribution in [2.75, 3.05) is 10.0 Å². The van der Waals surface area contributed by atoms with Gasteiger partial charge in [0.15, 0.2) is 0 Å². The number of hydrazone groups is 2. The van der Waals surface area contributed by atoms with Gasteiger partial charge in [0.1, 0.15) is 0 Å². The molecule has 0 aromatic heterocycles. The standard InChI is InChI=1S/C26H22N4/c1-5-13-23(14-6-1)29(24-15-7-2-8-16-24)27-21-22-28-30(25-17-9-3-10-18-25)26-19-11-4-12-20-26/h1-22H/b27-21+,28-22+. The molecule has 0 saturated carbocycles. The summed E-state index contributed by atoms with van der Waals surface area (Å²) < 4.78 is 0. The summed E-state index contributed by atoms with van der Waals surface area (Å²) in [5.74, 6) is 0. The molecule has 30 heavy (non-hydrogen) atoms. The highest BCUT2D eigenvalue weighted by atomic mass is 15.5. The summed E-state index contributed by atoms with van der Waals surface area (Å²) >= 11 is 0. The average Bonchev–Trinajstić information content (AvgIpc) is 2.84. The van der Waals surface area contributed by atoms with Gasteiger partial charge < -0.3 is 0 Å². The minimum Gasteiger partial charge on any atom is -0.234 e. The van der Waals surface area contributed by atoms with Crippen LogP contribution in [0.5, 0.6) is 0 Å². The molecule has 4 aromatic rings. The molecule has 0 aliphatic carbocycles. The molecule has 146 valence electrons. The van der Waals surface area contributed by atoms with Crippen LogP contribution < -0.4 is 10.0 Å². The Hall–Kier alpha value is -4.18. The Balaban J connectivity index is 1.61. The molecule has 0 aliphatic rings. The number of hydrogen-bond acceptors (Lipinski definition) is 4. The second-order valence-corrected chi connectivity index (χ2v) is 6.49. The number of hydrogen-bond donors (Lipinski definition) is 0. The van der Waals surface area contributed by atoms with Crippen molar-refractivity contribution in [2.24, 2.45) is 10.2 Å². The van der Waals surface area contributed by atoms with E-state index in [1.165, 1.54) is 0 Å². The van der Waals surface area contributed by atoms with Crippen LogP contribution >= 0.6 is 0 Å². The van der Waals surface area contributed by atoms with Crippen LogP contribution in [0.3, 0.4) is 0 Å². The normalized spacial score (nSPS) is 11.1. The lowest BCUT2D eigenvalue weighted by molar-refractivity contribution is 1.09. The van der Waals surface area contributed by atoms with Crippen LogP contribution in [0.2, 0.25) is 0 Å². The Kier molecular flexibility index (Phi) is 6.28. The van der Waals surface area contributed by atoms with Gasteiger partial charge in [0.2, 0.25) is 0 Å². The summed E-state index contributed by atoms with van der Waals surface area (Å²) in [7, 11) is 0. The number of benzene rings is 4. The first kappa shape index (κ1) is 19.2. The molecule has 0 aliphatic heterocycles. The summed E-state index contributed by atoms with van der Waals surface area (Å²) in [5.41, 5.74) is 3.93. The Morgan fingerprint density at radius 3 is 0.833 bits per heavy atom. The van der Waals surface area contributed by atoms with E-state index in [4.69, 9.17) is 0 Å². The molecule has 0 heterocycles. The summed E-state index contributed by atoms with van der Waals surface area (Å²) in [4.78, 5) is 0. The van der Waals surface area contributed by atoms with Crippen LogP contribution in [0, 0.1) is 0 Å². The fourth-order valence-electron chi connectivity index (χ4n) is 3.03. The van der Waals surface area contributed by atoms with E-state index < -0.39 is 0 Å². The fourth-order valence-corrected chi connectivity index (χ4v) is 3.03. The lowest BCUT2D eigenvalue weighted by Gasteiger charge is -2.19. The lowest BCUT2D eigenvalue weighted by atomic mass is 10.2. The Bertz CT molecular complexity index is 909. The van der Waals surface area contributed by atoms with Gasteiger partial charge in [-0.3, -0.25) is 0 Å². The molecule has 0 unspecified atom stereocenters. The summed E-state index contributed by atoms with van der Waals surface area (Å²) in [6, 6.07) is 40.2. The maximum atomic E-state index is 4.66. The van der Waals surface area contributed by atoms with Gasteiger partial charge >= 0.3 is 0 Å². The maximum absolute atomic E-state index is 4.66. The third-order valence-electron chi connectivity index (χ3n) is 4.43. The summed E-state index contributed by atoms with van der Waals surface area (Å²) in [5, 5.41) is 13.1. The van der Waals surface area contributed by atoms with Crippen LogP contribution in [0.4, 0.5) is 22.7 Å². The molecule has 4 aromatic carbocycles. The molecule has 0 radical (unpaired) electrons. The van der Waals surface area contributed by atoms with Crippen molar-refractivity contribution < 1.29 is 0 Å². The van der Waals surface area contributed by atoms with Gasteiger partial charge in [-0.05, 0) is 48.5 Å². The van der Waals surface area contributed by atoms with Crippen LogP contribution in [-0.2, 0) is 0 Å². The molecule has 4 rings (SSSR count). The maximum Gasteiger partial charge on any atom is 0.0680 e. The zero-order valence-corrected chi connectivity index (χ0v) is 16.5. The van der Waals surface area contributed by atoms with Gasteiger partial charge in [-0.1, -0.05) is 72.8 Å². The van der Waals surface area contributed by atoms with Crippen LogP contribution in [-0.4, -0.2) is 12.4 Å². The van der Waals surface area contributed by atoms with E-state index >= 15 is 0 Å². The molecule has 4 nitrogen and oxygen atoms in total. The number of anilines is 4. The second kappa shape index (κ2) is 9.85. The highest BCUT2D eigenvalue weighted by Crippen LogP contribution is 2.26. The van der Waals surface area contributed by atoms with Crippen molar-refractivity contribution in [3.05, 3.63) is 121 Å². The predicted molar refractivity (Wildman–Crippen MR) is 127 cm³/mol. The van der Waals surface area contributed by atoms with Crippen molar-refractivity contribution in [3.8, 4) is 0 Å². The molecule has 0 N–H and O–H groups in total. The van der Waals surface area contributed by atoms with Gasteiger partial charge in [0, 0.05) is 0 Å². The van der Waals surface area contributed by atoms with Crippen molar-refractivity contribution in [3.63, 3.8) is 0 Å². The molecule has 4 heteroatoms. The highest BCUT2D eigenvalue weighted by Gasteiger charge is 2.07. The minimum atomic E-state index is 0.983. The molecule has 0 atom stereocenters. The first-order valence-electron chi connectivity index (χ1n) is 9.79. The van der Waals surface area contributed by atoms with Gasteiger partial charge in [0.05, 0.1) is 35.2 Å². The monoisotopic (exact) mass is 390 g/mol. The predicted octanol–water partition coefficient (Wildman–Crippen LogP) is 6.63. The van der Waals surface area contributed by atoms with Gasteiger partial charge in [-0.2, -0.15) is 10.2 Å². The molecular formula is C26H22N4. The number of nitrogens with zero attached hydrogens (tertiary/aromatic N) is 4. The molecular weight excluding hydrogens is 368 g/mol. The van der Waals surface area contributed by atoms with Crippen molar-refractivity contribution in [1.29, 1.82) is 0 Å². The molecule has 0 saturated heterocycles. The highest BCUT2D eigenvalue weighted by molar-refractivity contribution is 6.16. The molecule has 0 amide bonds. The average molecular weight is 390 g/mol. The SMILES string of the molecule is C(/C=N/N(c1ccccc1)c1ccccc1)=N\N(c1ccccc1)c1ccccc1.